The maximum absolute atomic E-state index is 13.1. The fourth-order valence-corrected chi connectivity index (χ4v) is 12.9. The topological polar surface area (TPSA) is 237 Å². The largest absolute Gasteiger partial charge is 0.472 e. The molecule has 17 nitrogen and oxygen atoms in total. The van der Waals surface area contributed by atoms with Crippen LogP contribution in [0.4, 0.5) is 0 Å². The van der Waals surface area contributed by atoms with Crippen molar-refractivity contribution in [3.05, 3.63) is 0 Å². The molecule has 0 spiro atoms. The van der Waals surface area contributed by atoms with E-state index in [0.29, 0.717) is 31.6 Å². The Balaban J connectivity index is 5.23. The number of carbonyl (C=O) groups is 4. The average Bonchev–Trinajstić information content (AvgIpc) is 2.24. The number of carbonyl (C=O) groups excluding carboxylic acids is 4. The van der Waals surface area contributed by atoms with Gasteiger partial charge in [-0.25, -0.2) is 9.13 Å². The van der Waals surface area contributed by atoms with Gasteiger partial charge < -0.3 is 33.8 Å². The third kappa shape index (κ3) is 64.7. The zero-order valence-electron chi connectivity index (χ0n) is 61.6. The van der Waals surface area contributed by atoms with E-state index in [1.54, 1.807) is 0 Å². The zero-order chi connectivity index (χ0) is 69.6. The molecule has 0 aromatic carbocycles. The van der Waals surface area contributed by atoms with Gasteiger partial charge in [0.1, 0.15) is 19.3 Å². The lowest BCUT2D eigenvalue weighted by atomic mass is 9.99. The van der Waals surface area contributed by atoms with E-state index in [4.69, 9.17) is 37.0 Å². The zero-order valence-corrected chi connectivity index (χ0v) is 63.4. The van der Waals surface area contributed by atoms with Gasteiger partial charge in [-0.3, -0.25) is 37.3 Å². The van der Waals surface area contributed by atoms with Gasteiger partial charge in [-0.05, 0) is 49.4 Å². The van der Waals surface area contributed by atoms with E-state index >= 15 is 0 Å². The van der Waals surface area contributed by atoms with Crippen LogP contribution in [0.15, 0.2) is 0 Å². The van der Waals surface area contributed by atoms with Crippen LogP contribution in [0.5, 0.6) is 0 Å². The molecule has 0 fully saturated rings. The molecule has 0 aromatic heterocycles. The van der Waals surface area contributed by atoms with Crippen molar-refractivity contribution in [2.45, 2.75) is 395 Å². The van der Waals surface area contributed by atoms with Crippen molar-refractivity contribution >= 4 is 39.5 Å². The first-order valence-electron chi connectivity index (χ1n) is 38.8. The van der Waals surface area contributed by atoms with Crippen LogP contribution in [0.1, 0.15) is 376 Å². The van der Waals surface area contributed by atoms with E-state index in [0.717, 1.165) is 114 Å². The molecule has 0 saturated carbocycles. The van der Waals surface area contributed by atoms with Crippen LogP contribution in [-0.4, -0.2) is 96.7 Å². The molecule has 0 saturated heterocycles. The Morgan fingerprint density at radius 1 is 0.298 bits per heavy atom. The van der Waals surface area contributed by atoms with E-state index in [9.17, 15) is 43.2 Å². The SMILES string of the molecule is CCC(C)CCCCCCCCCCCCCCCCC(=O)OC[C@H](COP(=O)(O)OCC(O)COP(=O)(O)OC[C@@H](COC(=O)CCCCCCCCCC(C)C)OC(=O)CCCCCCCCCCCCC(C)CC)OC(=O)CCCCCCCCCCC(C)CC. The predicted octanol–water partition coefficient (Wildman–Crippen LogP) is 21.7. The number of aliphatic hydroxyl groups is 1. The fraction of sp³-hybridized carbons (Fsp3) is 0.947. The van der Waals surface area contributed by atoms with Gasteiger partial charge in [0.2, 0.25) is 0 Å². The second-order valence-electron chi connectivity index (χ2n) is 28.2. The number of unbranched alkanes of at least 4 members (excludes halogenated alkanes) is 35. The lowest BCUT2D eigenvalue weighted by molar-refractivity contribution is -0.161. The van der Waals surface area contributed by atoms with Crippen molar-refractivity contribution in [1.82, 2.24) is 0 Å². The van der Waals surface area contributed by atoms with Crippen LogP contribution in [0.25, 0.3) is 0 Å². The summed E-state index contributed by atoms with van der Waals surface area (Å²) < 4.78 is 68.5. The van der Waals surface area contributed by atoms with Crippen LogP contribution in [0, 0.1) is 23.7 Å². The molecule has 0 aromatic rings. The molecule has 0 aliphatic rings. The molecular formula is C75H146O17P2. The van der Waals surface area contributed by atoms with Crippen molar-refractivity contribution in [2.24, 2.45) is 23.7 Å². The molecule has 0 aliphatic carbocycles. The first kappa shape index (κ1) is 92.1. The van der Waals surface area contributed by atoms with E-state index in [2.05, 4.69) is 55.4 Å². The third-order valence-corrected chi connectivity index (χ3v) is 20.3. The van der Waals surface area contributed by atoms with E-state index in [1.807, 2.05) is 0 Å². The van der Waals surface area contributed by atoms with Gasteiger partial charge >= 0.3 is 39.5 Å². The number of phosphoric ester groups is 2. The van der Waals surface area contributed by atoms with Gasteiger partial charge in [-0.1, -0.05) is 325 Å². The molecule has 0 amide bonds. The van der Waals surface area contributed by atoms with Gasteiger partial charge in [0.15, 0.2) is 12.2 Å². The number of esters is 4. The van der Waals surface area contributed by atoms with Crippen LogP contribution in [-0.2, 0) is 65.4 Å². The van der Waals surface area contributed by atoms with E-state index < -0.39 is 97.5 Å². The van der Waals surface area contributed by atoms with Crippen LogP contribution in [0.2, 0.25) is 0 Å². The second kappa shape index (κ2) is 64.4. The highest BCUT2D eigenvalue weighted by atomic mass is 31.2. The normalized spacial score (nSPS) is 15.0. The molecule has 558 valence electrons. The first-order chi connectivity index (χ1) is 45.2. The Bertz CT molecular complexity index is 1860. The Hall–Kier alpha value is -1.94. The van der Waals surface area contributed by atoms with Crippen molar-refractivity contribution in [3.8, 4) is 0 Å². The summed E-state index contributed by atoms with van der Waals surface area (Å²) >= 11 is 0. The van der Waals surface area contributed by atoms with Gasteiger partial charge in [0.05, 0.1) is 26.4 Å². The Morgan fingerprint density at radius 3 is 0.755 bits per heavy atom. The van der Waals surface area contributed by atoms with E-state index in [-0.39, 0.29) is 25.7 Å². The predicted molar refractivity (Wildman–Crippen MR) is 381 cm³/mol. The molecule has 3 N–H and O–H groups in total. The van der Waals surface area contributed by atoms with Crippen LogP contribution >= 0.6 is 15.6 Å². The second-order valence-corrected chi connectivity index (χ2v) is 31.1. The summed E-state index contributed by atoms with van der Waals surface area (Å²) in [5, 5.41) is 10.6. The Kier molecular flexibility index (Phi) is 63.1. The maximum atomic E-state index is 13.1. The summed E-state index contributed by atoms with van der Waals surface area (Å²) in [7, 11) is -9.91. The lowest BCUT2D eigenvalue weighted by Gasteiger charge is -2.21. The average molecular weight is 1380 g/mol. The molecule has 0 heterocycles. The summed E-state index contributed by atoms with van der Waals surface area (Å²) in [6.45, 7) is 14.2. The van der Waals surface area contributed by atoms with Crippen molar-refractivity contribution in [1.29, 1.82) is 0 Å². The van der Waals surface area contributed by atoms with Gasteiger partial charge in [-0.2, -0.15) is 0 Å². The number of phosphoric acid groups is 2. The lowest BCUT2D eigenvalue weighted by Crippen LogP contribution is -2.30. The highest BCUT2D eigenvalue weighted by Crippen LogP contribution is 2.45. The number of hydrogen-bond acceptors (Lipinski definition) is 15. The van der Waals surface area contributed by atoms with Gasteiger partial charge in [0, 0.05) is 25.7 Å². The number of aliphatic hydroxyl groups excluding tert-OH is 1. The fourth-order valence-electron chi connectivity index (χ4n) is 11.3. The molecular weight excluding hydrogens is 1230 g/mol. The monoisotopic (exact) mass is 1380 g/mol. The van der Waals surface area contributed by atoms with Gasteiger partial charge in [0.25, 0.3) is 0 Å². The molecule has 94 heavy (non-hydrogen) atoms. The van der Waals surface area contributed by atoms with E-state index in [1.165, 1.54) is 173 Å². The number of ether oxygens (including phenoxy) is 4. The third-order valence-electron chi connectivity index (χ3n) is 18.4. The summed E-state index contributed by atoms with van der Waals surface area (Å²) in [6, 6.07) is 0. The highest BCUT2D eigenvalue weighted by molar-refractivity contribution is 7.47. The summed E-state index contributed by atoms with van der Waals surface area (Å²) in [4.78, 5) is 72.8. The van der Waals surface area contributed by atoms with Gasteiger partial charge in [-0.15, -0.1) is 0 Å². The molecule has 0 bridgehead atoms. The minimum atomic E-state index is -4.96. The standard InChI is InChI=1S/C75H146O17P2/c1-9-66(6)52-44-36-28-20-16-14-12-13-15-17-22-31-39-47-55-72(77)85-61-70(92-75(80)58-50-42-33-25-24-30-38-46-54-68(8)11-3)63-89-93(81,82)87-59-69(76)60-88-94(83,84)90-64-71(62-86-73(78)56-48-40-34-26-27-35-43-51-65(4)5)91-74(79)57-49-41-32-23-19-18-21-29-37-45-53-67(7)10-2/h65-71,76H,9-64H2,1-8H3,(H,81,82)(H,83,84)/t66?,67?,68?,69?,70-,71-/m1/s1. The highest BCUT2D eigenvalue weighted by Gasteiger charge is 2.30. The summed E-state index contributed by atoms with van der Waals surface area (Å²) in [5.74, 6) is 1.00. The van der Waals surface area contributed by atoms with Crippen LogP contribution < -0.4 is 0 Å². The molecule has 6 unspecified atom stereocenters. The van der Waals surface area contributed by atoms with Crippen LogP contribution in [0.3, 0.4) is 0 Å². The Labute approximate surface area is 575 Å². The van der Waals surface area contributed by atoms with Crippen molar-refractivity contribution < 1.29 is 80.2 Å². The molecule has 19 heteroatoms. The smallest absolute Gasteiger partial charge is 0.462 e. The molecule has 8 atom stereocenters. The quantitative estimate of drug-likeness (QED) is 0.0222. The van der Waals surface area contributed by atoms with Crippen molar-refractivity contribution in [3.63, 3.8) is 0 Å². The number of rotatable bonds is 72. The molecule has 0 aliphatic heterocycles. The minimum absolute atomic E-state index is 0.105. The molecule has 0 rings (SSSR count). The van der Waals surface area contributed by atoms with Crippen molar-refractivity contribution in [2.75, 3.05) is 39.6 Å². The number of hydrogen-bond donors (Lipinski definition) is 3. The first-order valence-corrected chi connectivity index (χ1v) is 41.8. The molecule has 0 radical (unpaired) electrons. The summed E-state index contributed by atoms with van der Waals surface area (Å²) in [5.41, 5.74) is 0. The maximum Gasteiger partial charge on any atom is 0.472 e. The summed E-state index contributed by atoms with van der Waals surface area (Å²) in [6.07, 6.45) is 48.5. The minimum Gasteiger partial charge on any atom is -0.462 e. The Morgan fingerprint density at radius 2 is 0.511 bits per heavy atom.